The molecule has 0 amide bonds. The molecule has 0 heterocycles. The predicted molar refractivity (Wildman–Crippen MR) is 233 cm³/mol. The Hall–Kier alpha value is -0.790. The number of unbranched alkanes of at least 4 members (excludes halogenated alkanes) is 28. The van der Waals surface area contributed by atoms with Crippen LogP contribution in [0.4, 0.5) is 0 Å². The third kappa shape index (κ3) is 42.6. The van der Waals surface area contributed by atoms with Crippen LogP contribution >= 0.6 is 8.60 Å². The molecule has 0 aliphatic carbocycles. The number of quaternary nitrogens is 1. The lowest BCUT2D eigenvalue weighted by molar-refractivity contribution is -0.870. The molecular weight excluding hydrogens is 709 g/mol. The van der Waals surface area contributed by atoms with Crippen LogP contribution in [-0.2, 0) is 32.6 Å². The number of likely N-dealkylation sites (N-methyl/N-ethyl adjacent to an activating group) is 1. The van der Waals surface area contributed by atoms with Crippen molar-refractivity contribution in [3.63, 3.8) is 0 Å². The van der Waals surface area contributed by atoms with E-state index >= 15 is 0 Å². The maximum atomic E-state index is 12.8. The molecule has 0 fully saturated rings. The van der Waals surface area contributed by atoms with E-state index in [1.54, 1.807) is 0 Å². The summed E-state index contributed by atoms with van der Waals surface area (Å²) in [6.45, 7) is 8.25. The molecule has 0 aliphatic rings. The molecule has 2 atom stereocenters. The number of carbonyl (C=O) groups is 2. The molecule has 0 N–H and O–H groups in total. The van der Waals surface area contributed by atoms with E-state index in [1.807, 2.05) is 6.92 Å². The van der Waals surface area contributed by atoms with Crippen LogP contribution in [0.25, 0.3) is 0 Å². The average molecular weight is 803 g/mol. The Morgan fingerprint density at radius 2 is 0.818 bits per heavy atom. The fraction of sp³-hybridized carbons (Fsp3) is 0.957. The van der Waals surface area contributed by atoms with Crippen LogP contribution < -0.4 is 0 Å². The molecule has 8 nitrogen and oxygen atoms in total. The highest BCUT2D eigenvalue weighted by molar-refractivity contribution is 7.41. The van der Waals surface area contributed by atoms with Crippen molar-refractivity contribution in [1.82, 2.24) is 0 Å². The van der Waals surface area contributed by atoms with Gasteiger partial charge < -0.3 is 27.5 Å². The standard InChI is InChI=1S/C46H93NO7P/c1-7-10-12-14-16-18-20-22-24-26-28-30-32-34-36-38-45(48)50-42-44(43-53-55(51-9-3)52-41-40-47(4,5)6)54-46(49)39-37-35-33-31-29-27-25-23-21-19-17-15-13-11-8-2/h44H,7-43H2,1-6H3/q+1/t44-,55?/m0/s1. The molecule has 0 spiro atoms. The van der Waals surface area contributed by atoms with Gasteiger partial charge in [-0.2, -0.15) is 0 Å². The Kier molecular flexibility index (Phi) is 40.8. The van der Waals surface area contributed by atoms with E-state index in [-0.39, 0.29) is 25.2 Å². The van der Waals surface area contributed by atoms with Crippen molar-refractivity contribution in [2.75, 3.05) is 54.1 Å². The van der Waals surface area contributed by atoms with E-state index in [0.717, 1.165) is 49.6 Å². The van der Waals surface area contributed by atoms with Crippen LogP contribution in [-0.4, -0.2) is 76.6 Å². The summed E-state index contributed by atoms with van der Waals surface area (Å²) in [5.74, 6) is -0.516. The largest absolute Gasteiger partial charge is 0.462 e. The van der Waals surface area contributed by atoms with Crippen LogP contribution in [0.2, 0.25) is 0 Å². The molecule has 9 heteroatoms. The van der Waals surface area contributed by atoms with Crippen molar-refractivity contribution < 1.29 is 37.1 Å². The predicted octanol–water partition coefficient (Wildman–Crippen LogP) is 14.0. The molecule has 1 unspecified atom stereocenters. The van der Waals surface area contributed by atoms with Gasteiger partial charge in [0, 0.05) is 12.8 Å². The monoisotopic (exact) mass is 803 g/mol. The van der Waals surface area contributed by atoms with Gasteiger partial charge in [0.05, 0.1) is 34.4 Å². The van der Waals surface area contributed by atoms with Crippen molar-refractivity contribution in [2.45, 2.75) is 232 Å². The SMILES string of the molecule is CCCCCCCCCCCCCCCCCC(=O)OC[C@@H](COP(OCC)OCC[N+](C)(C)C)OC(=O)CCCCCCCCCCCCCCCCC. The number of ether oxygens (including phenoxy) is 2. The first kappa shape index (κ1) is 54.2. The van der Waals surface area contributed by atoms with Crippen molar-refractivity contribution in [1.29, 1.82) is 0 Å². The average Bonchev–Trinajstić information content (AvgIpc) is 3.15. The number of esters is 2. The summed E-state index contributed by atoms with van der Waals surface area (Å²) in [6, 6.07) is 0. The Bertz CT molecular complexity index is 825. The molecule has 328 valence electrons. The van der Waals surface area contributed by atoms with Crippen molar-refractivity contribution in [2.24, 2.45) is 0 Å². The Labute approximate surface area is 343 Å². The lowest BCUT2D eigenvalue weighted by atomic mass is 10.0. The summed E-state index contributed by atoms with van der Waals surface area (Å²) in [5, 5.41) is 0. The lowest BCUT2D eigenvalue weighted by Gasteiger charge is -2.25. The summed E-state index contributed by atoms with van der Waals surface area (Å²) in [7, 11) is 4.72. The Morgan fingerprint density at radius 3 is 1.18 bits per heavy atom. The summed E-state index contributed by atoms with van der Waals surface area (Å²) >= 11 is 0. The van der Waals surface area contributed by atoms with Gasteiger partial charge in [-0.1, -0.05) is 194 Å². The van der Waals surface area contributed by atoms with E-state index < -0.39 is 14.7 Å². The second kappa shape index (κ2) is 41.4. The van der Waals surface area contributed by atoms with Gasteiger partial charge in [-0.25, -0.2) is 0 Å². The zero-order valence-corrected chi connectivity index (χ0v) is 38.4. The van der Waals surface area contributed by atoms with Crippen LogP contribution in [0.1, 0.15) is 226 Å². The van der Waals surface area contributed by atoms with Crippen LogP contribution in [0.5, 0.6) is 0 Å². The molecule has 0 rings (SSSR count). The normalized spacial score (nSPS) is 12.9. The number of rotatable bonds is 44. The van der Waals surface area contributed by atoms with Crippen LogP contribution in [0.15, 0.2) is 0 Å². The Balaban J connectivity index is 4.36. The number of carbonyl (C=O) groups excluding carboxylic acids is 2. The van der Waals surface area contributed by atoms with Crippen molar-refractivity contribution in [3.05, 3.63) is 0 Å². The zero-order valence-electron chi connectivity index (χ0n) is 37.5. The van der Waals surface area contributed by atoms with E-state index in [9.17, 15) is 9.59 Å². The number of hydrogen-bond donors (Lipinski definition) is 0. The third-order valence-corrected chi connectivity index (χ3v) is 11.5. The molecular formula is C46H93NO7P+. The first-order valence-electron chi connectivity index (χ1n) is 23.6. The summed E-state index contributed by atoms with van der Waals surface area (Å²) in [5.41, 5.74) is 0. The van der Waals surface area contributed by atoms with E-state index in [4.69, 9.17) is 23.0 Å². The number of nitrogens with zero attached hydrogens (tertiary/aromatic N) is 1. The highest BCUT2D eigenvalue weighted by Gasteiger charge is 2.22. The molecule has 0 bridgehead atoms. The third-order valence-electron chi connectivity index (χ3n) is 10.3. The van der Waals surface area contributed by atoms with Gasteiger partial charge in [0.25, 0.3) is 0 Å². The fourth-order valence-corrected chi connectivity index (χ4v) is 7.60. The molecule has 0 aromatic carbocycles. The minimum absolute atomic E-state index is 0.0175. The molecule has 0 saturated carbocycles. The van der Waals surface area contributed by atoms with Gasteiger partial charge in [0.2, 0.25) is 0 Å². The second-order valence-electron chi connectivity index (χ2n) is 17.0. The van der Waals surface area contributed by atoms with Gasteiger partial charge in [0.15, 0.2) is 6.10 Å². The van der Waals surface area contributed by atoms with Gasteiger partial charge in [-0.05, 0) is 19.8 Å². The van der Waals surface area contributed by atoms with Gasteiger partial charge >= 0.3 is 20.5 Å². The van der Waals surface area contributed by atoms with Crippen molar-refractivity contribution >= 4 is 20.5 Å². The van der Waals surface area contributed by atoms with Gasteiger partial charge in [0.1, 0.15) is 19.8 Å². The van der Waals surface area contributed by atoms with E-state index in [2.05, 4.69) is 35.0 Å². The highest BCUT2D eigenvalue weighted by atomic mass is 31.2. The first-order valence-corrected chi connectivity index (χ1v) is 24.7. The minimum atomic E-state index is -1.59. The quantitative estimate of drug-likeness (QED) is 0.0263. The second-order valence-corrected chi connectivity index (χ2v) is 18.2. The number of hydrogen-bond acceptors (Lipinski definition) is 7. The molecule has 0 aliphatic heterocycles. The van der Waals surface area contributed by atoms with Crippen LogP contribution in [0.3, 0.4) is 0 Å². The fourth-order valence-electron chi connectivity index (χ4n) is 6.65. The maximum absolute atomic E-state index is 12.8. The highest BCUT2D eigenvalue weighted by Crippen LogP contribution is 2.39. The minimum Gasteiger partial charge on any atom is -0.462 e. The topological polar surface area (TPSA) is 80.3 Å². The molecule has 0 radical (unpaired) electrons. The summed E-state index contributed by atoms with van der Waals surface area (Å²) in [6.07, 6.45) is 38.6. The lowest BCUT2D eigenvalue weighted by Crippen LogP contribution is -2.37. The van der Waals surface area contributed by atoms with E-state index in [1.165, 1.54) is 154 Å². The summed E-state index contributed by atoms with van der Waals surface area (Å²) in [4.78, 5) is 25.5. The first-order chi connectivity index (χ1) is 26.7. The molecule has 0 aromatic heterocycles. The Morgan fingerprint density at radius 1 is 0.455 bits per heavy atom. The van der Waals surface area contributed by atoms with E-state index in [0.29, 0.717) is 26.1 Å². The van der Waals surface area contributed by atoms with Gasteiger partial charge in [-0.3, -0.25) is 9.59 Å². The molecule has 55 heavy (non-hydrogen) atoms. The zero-order chi connectivity index (χ0) is 40.5. The maximum Gasteiger partial charge on any atom is 0.332 e. The molecule has 0 aromatic rings. The van der Waals surface area contributed by atoms with Gasteiger partial charge in [-0.15, -0.1) is 0 Å². The smallest absolute Gasteiger partial charge is 0.332 e. The van der Waals surface area contributed by atoms with Crippen LogP contribution in [0, 0.1) is 0 Å². The van der Waals surface area contributed by atoms with Crippen molar-refractivity contribution in [3.8, 4) is 0 Å². The molecule has 0 saturated heterocycles. The summed E-state index contributed by atoms with van der Waals surface area (Å²) < 4.78 is 29.7.